The molecule has 282 valence electrons. The molecule has 0 radical (unpaired) electrons. The summed E-state index contributed by atoms with van der Waals surface area (Å²) in [6, 6.07) is -0.231. The predicted molar refractivity (Wildman–Crippen MR) is 185 cm³/mol. The second-order valence-corrected chi connectivity index (χ2v) is 14.3. The van der Waals surface area contributed by atoms with Gasteiger partial charge in [0, 0.05) is 37.8 Å². The first kappa shape index (κ1) is 44.5. The number of β-amino-alcohol motifs (C(OH)–C–C–N with tert-alkyl or cyclic N) is 3. The smallest absolute Gasteiger partial charge is 0.108 e. The lowest BCUT2D eigenvalue weighted by molar-refractivity contribution is -0.133. The summed E-state index contributed by atoms with van der Waals surface area (Å²) in [6.45, 7) is 13.1. The second-order valence-electron chi connectivity index (χ2n) is 14.3. The molecule has 0 aromatic carbocycles. The normalized spacial score (nSPS) is 37.1. The lowest BCUT2D eigenvalue weighted by atomic mass is 9.94. The van der Waals surface area contributed by atoms with Crippen LogP contribution < -0.4 is 0 Å². The number of hydrogen-bond donors (Lipinski definition) is 9. The summed E-state index contributed by atoms with van der Waals surface area (Å²) in [5.41, 5.74) is 0. The Hall–Kier alpha value is -0.480. The summed E-state index contributed by atoms with van der Waals surface area (Å²) in [4.78, 5) is 5.96. The van der Waals surface area contributed by atoms with Crippen molar-refractivity contribution in [2.75, 3.05) is 39.8 Å². The molecule has 3 aliphatic rings. The van der Waals surface area contributed by atoms with E-state index in [1.54, 1.807) is 0 Å². The van der Waals surface area contributed by atoms with E-state index in [0.717, 1.165) is 32.4 Å². The minimum Gasteiger partial charge on any atom is -0.389 e. The Balaban J connectivity index is 0.000000378. The first-order valence-electron chi connectivity index (χ1n) is 18.5. The minimum absolute atomic E-state index is 0.0695. The topological polar surface area (TPSA) is 192 Å². The molecule has 0 bridgehead atoms. The molecule has 0 aromatic rings. The molecule has 3 aliphatic heterocycles. The Kier molecular flexibility index (Phi) is 22.6. The average molecular weight is 680 g/mol. The molecule has 47 heavy (non-hydrogen) atoms. The Morgan fingerprint density at radius 3 is 1.13 bits per heavy atom. The fraction of sp³-hybridized carbons (Fsp3) is 1.00. The average Bonchev–Trinajstić information content (AvgIpc) is 3.05. The van der Waals surface area contributed by atoms with Crippen LogP contribution in [0, 0.1) is 0 Å². The highest BCUT2D eigenvalue weighted by Crippen LogP contribution is 2.21. The number of rotatable bonds is 14. The van der Waals surface area contributed by atoms with Gasteiger partial charge in [-0.3, -0.25) is 14.7 Å². The number of aliphatic hydroxyl groups is 9. The maximum atomic E-state index is 9.90. The molecule has 0 aromatic heterocycles. The third-order valence-electron chi connectivity index (χ3n) is 10.5. The van der Waals surface area contributed by atoms with E-state index in [9.17, 15) is 46.0 Å². The molecule has 3 fully saturated rings. The highest BCUT2D eigenvalue weighted by atomic mass is 16.4. The summed E-state index contributed by atoms with van der Waals surface area (Å²) in [6.07, 6.45) is 7.28. The number of likely N-dealkylation sites (N-methyl/N-ethyl adjacent to an activating group) is 1. The van der Waals surface area contributed by atoms with E-state index in [1.165, 1.54) is 57.8 Å². The van der Waals surface area contributed by atoms with Crippen LogP contribution in [0.15, 0.2) is 0 Å². The molecule has 3 rings (SSSR count). The van der Waals surface area contributed by atoms with Gasteiger partial charge in [0.2, 0.25) is 0 Å². The summed E-state index contributed by atoms with van der Waals surface area (Å²) in [7, 11) is 1.81. The monoisotopic (exact) mass is 680 g/mol. The molecule has 0 aliphatic carbocycles. The van der Waals surface area contributed by atoms with Gasteiger partial charge in [-0.2, -0.15) is 0 Å². The van der Waals surface area contributed by atoms with E-state index in [0.29, 0.717) is 19.6 Å². The molecule has 3 heterocycles. The zero-order valence-electron chi connectivity index (χ0n) is 30.3. The molecular weight excluding hydrogens is 606 g/mol. The molecule has 9 unspecified atom stereocenters. The van der Waals surface area contributed by atoms with Crippen LogP contribution >= 0.6 is 0 Å². The van der Waals surface area contributed by atoms with Gasteiger partial charge < -0.3 is 46.0 Å². The quantitative estimate of drug-likeness (QED) is 0.117. The van der Waals surface area contributed by atoms with Gasteiger partial charge in [-0.1, -0.05) is 78.1 Å². The van der Waals surface area contributed by atoms with Gasteiger partial charge in [0.05, 0.1) is 36.6 Å². The predicted octanol–water partition coefficient (Wildman–Crippen LogP) is 0.670. The standard InChI is InChI=1S/C18H37NO3.C10H21NO3.C7H15NO3/c1-3-4-5-6-7-8-9-10-11-12-13-19-14-16(20)18(22)17(21)15(19)2;1-3-4-5-11-6-8(12)10(14)9(13)7(11)2;1-4-6(10)7(11)5(9)3-8(4)2/h15-18,20-22H,3-14H2,1-2H3;7-10,12-14H,3-6H2,1-2H3;4-7,9-11H,3H2,1-2H3/t15?,16?,17-,18?;7?,8?,9-,10?;4?,5?,6-,7?/m011/s1. The first-order valence-corrected chi connectivity index (χ1v) is 18.5. The lowest BCUT2D eigenvalue weighted by Gasteiger charge is -2.42. The molecular formula is C35H73N3O9. The van der Waals surface area contributed by atoms with Crippen molar-refractivity contribution in [1.82, 2.24) is 14.7 Å². The van der Waals surface area contributed by atoms with Crippen LogP contribution in [0.1, 0.15) is 112 Å². The molecule has 3 saturated heterocycles. The maximum Gasteiger partial charge on any atom is 0.108 e. The van der Waals surface area contributed by atoms with Crippen LogP contribution in [0.4, 0.5) is 0 Å². The van der Waals surface area contributed by atoms with E-state index in [-0.39, 0.29) is 18.1 Å². The molecule has 9 N–H and O–H groups in total. The third-order valence-corrected chi connectivity index (χ3v) is 10.5. The van der Waals surface area contributed by atoms with Crippen LogP contribution in [0.25, 0.3) is 0 Å². The first-order chi connectivity index (χ1) is 22.2. The van der Waals surface area contributed by atoms with Crippen molar-refractivity contribution in [3.05, 3.63) is 0 Å². The van der Waals surface area contributed by atoms with Gasteiger partial charge >= 0.3 is 0 Å². The van der Waals surface area contributed by atoms with Crippen molar-refractivity contribution < 1.29 is 46.0 Å². The van der Waals surface area contributed by atoms with E-state index in [4.69, 9.17) is 0 Å². The zero-order chi connectivity index (χ0) is 35.7. The molecule has 0 saturated carbocycles. The summed E-state index contributed by atoms with van der Waals surface area (Å²) in [5.74, 6) is 0. The molecule has 12 nitrogen and oxygen atoms in total. The summed E-state index contributed by atoms with van der Waals surface area (Å²) in [5, 5.41) is 85.6. The van der Waals surface area contributed by atoms with Gasteiger partial charge in [-0.15, -0.1) is 0 Å². The van der Waals surface area contributed by atoms with Crippen molar-refractivity contribution >= 4 is 0 Å². The number of hydrogen-bond acceptors (Lipinski definition) is 12. The van der Waals surface area contributed by atoms with Gasteiger partial charge in [0.25, 0.3) is 0 Å². The van der Waals surface area contributed by atoms with Crippen LogP contribution in [0.3, 0.4) is 0 Å². The Morgan fingerprint density at radius 1 is 0.404 bits per heavy atom. The number of nitrogens with zero attached hydrogens (tertiary/aromatic N) is 3. The van der Waals surface area contributed by atoms with E-state index < -0.39 is 54.9 Å². The Bertz CT molecular complexity index is 773. The number of unbranched alkanes of at least 4 members (excludes halogenated alkanes) is 10. The summed E-state index contributed by atoms with van der Waals surface area (Å²) < 4.78 is 0. The van der Waals surface area contributed by atoms with Gasteiger partial charge in [0.15, 0.2) is 0 Å². The number of piperidine rings is 3. The SMILES string of the molecule is CC1[C@@H](O)C(O)C(O)CN1C.CCCCCCCCCCCCN1CC(O)C(O)[C@@H](O)C1C.CCCCN1CC(O)C(O)[C@H](O)C1C. The number of aliphatic hydroxyl groups excluding tert-OH is 9. The van der Waals surface area contributed by atoms with Crippen LogP contribution in [-0.4, -0.2) is 173 Å². The van der Waals surface area contributed by atoms with Crippen molar-refractivity contribution in [3.63, 3.8) is 0 Å². The molecule has 12 heteroatoms. The molecule has 0 amide bonds. The summed E-state index contributed by atoms with van der Waals surface area (Å²) >= 11 is 0. The zero-order valence-corrected chi connectivity index (χ0v) is 30.3. The highest BCUT2D eigenvalue weighted by molar-refractivity contribution is 4.93. The molecule has 0 spiro atoms. The van der Waals surface area contributed by atoms with Gasteiger partial charge in [-0.25, -0.2) is 0 Å². The second kappa shape index (κ2) is 23.8. The van der Waals surface area contributed by atoms with Crippen LogP contribution in [0.2, 0.25) is 0 Å². The van der Waals surface area contributed by atoms with E-state index >= 15 is 0 Å². The largest absolute Gasteiger partial charge is 0.389 e. The molecule has 12 atom stereocenters. The van der Waals surface area contributed by atoms with Crippen molar-refractivity contribution in [2.24, 2.45) is 0 Å². The van der Waals surface area contributed by atoms with Crippen LogP contribution in [-0.2, 0) is 0 Å². The van der Waals surface area contributed by atoms with E-state index in [1.807, 2.05) is 37.6 Å². The van der Waals surface area contributed by atoms with Crippen molar-refractivity contribution in [1.29, 1.82) is 0 Å². The van der Waals surface area contributed by atoms with Gasteiger partial charge in [-0.05, 0) is 53.8 Å². The third kappa shape index (κ3) is 15.1. The Labute approximate surface area is 285 Å². The number of likely N-dealkylation sites (tertiary alicyclic amines) is 3. The fourth-order valence-electron chi connectivity index (χ4n) is 6.58. The van der Waals surface area contributed by atoms with Crippen LogP contribution in [0.5, 0.6) is 0 Å². The maximum absolute atomic E-state index is 9.90. The van der Waals surface area contributed by atoms with Crippen molar-refractivity contribution in [2.45, 2.75) is 185 Å². The fourth-order valence-corrected chi connectivity index (χ4v) is 6.58. The minimum atomic E-state index is -1.00. The highest BCUT2D eigenvalue weighted by Gasteiger charge is 2.40. The van der Waals surface area contributed by atoms with E-state index in [2.05, 4.69) is 18.7 Å². The Morgan fingerprint density at radius 2 is 0.723 bits per heavy atom. The lowest BCUT2D eigenvalue weighted by Crippen LogP contribution is -2.60. The van der Waals surface area contributed by atoms with Gasteiger partial charge in [0.1, 0.15) is 18.3 Å². The van der Waals surface area contributed by atoms with Crippen molar-refractivity contribution in [3.8, 4) is 0 Å².